The summed E-state index contributed by atoms with van der Waals surface area (Å²) in [4.78, 5) is 26.0. The second-order valence-electron chi connectivity index (χ2n) is 8.78. The summed E-state index contributed by atoms with van der Waals surface area (Å²) in [6.07, 6.45) is 3.75. The van der Waals surface area contributed by atoms with Crippen molar-refractivity contribution in [2.75, 3.05) is 19.8 Å². The molecule has 0 saturated heterocycles. The molecule has 5 heteroatoms. The molecule has 0 amide bonds. The van der Waals surface area contributed by atoms with Gasteiger partial charge in [-0.05, 0) is 57.2 Å². The number of benzene rings is 2. The largest absolute Gasteiger partial charge is 0.491 e. The van der Waals surface area contributed by atoms with Crippen molar-refractivity contribution in [3.63, 3.8) is 0 Å². The van der Waals surface area contributed by atoms with Gasteiger partial charge in [0.05, 0.1) is 11.0 Å². The van der Waals surface area contributed by atoms with E-state index in [-0.39, 0.29) is 23.3 Å². The Morgan fingerprint density at radius 1 is 0.971 bits per heavy atom. The molecule has 0 aromatic heterocycles. The van der Waals surface area contributed by atoms with E-state index in [0.717, 1.165) is 36.8 Å². The minimum atomic E-state index is -0.363. The zero-order valence-electron chi connectivity index (χ0n) is 21.0. The second-order valence-corrected chi connectivity index (χ2v) is 8.78. The van der Waals surface area contributed by atoms with Gasteiger partial charge < -0.3 is 14.2 Å². The number of hydrogen-bond donors (Lipinski definition) is 0. The quantitative estimate of drug-likeness (QED) is 0.180. The van der Waals surface area contributed by atoms with Crippen molar-refractivity contribution in [3.8, 4) is 5.75 Å². The van der Waals surface area contributed by atoms with Gasteiger partial charge in [-0.25, -0.2) is 0 Å². The molecule has 0 saturated carbocycles. The van der Waals surface area contributed by atoms with Crippen molar-refractivity contribution < 1.29 is 23.8 Å². The monoisotopic (exact) mass is 466 g/mol. The van der Waals surface area contributed by atoms with Crippen LogP contribution in [0.15, 0.2) is 42.5 Å². The molecule has 0 N–H and O–H groups in total. The van der Waals surface area contributed by atoms with E-state index in [1.54, 1.807) is 6.07 Å². The molecule has 1 aliphatic heterocycles. The Kier molecular flexibility index (Phi) is 9.43. The highest BCUT2D eigenvalue weighted by Gasteiger charge is 2.43. The van der Waals surface area contributed by atoms with Crippen LogP contribution < -0.4 is 4.74 Å². The number of Topliss-reactive ketones (excluding diaryl/α,β-unsaturated/α-hetero) is 2. The molecule has 0 unspecified atom stereocenters. The maximum absolute atomic E-state index is 13.2. The van der Waals surface area contributed by atoms with Gasteiger partial charge in [0.1, 0.15) is 12.4 Å². The van der Waals surface area contributed by atoms with Crippen LogP contribution in [0.1, 0.15) is 98.1 Å². The number of fused-ring (bicyclic) bond motifs is 1. The Balaban J connectivity index is 1.85. The topological polar surface area (TPSA) is 61.8 Å². The van der Waals surface area contributed by atoms with Crippen molar-refractivity contribution in [1.29, 1.82) is 0 Å². The Hall–Kier alpha value is -2.50. The zero-order valence-corrected chi connectivity index (χ0v) is 21.0. The molecule has 0 bridgehead atoms. The fourth-order valence-corrected chi connectivity index (χ4v) is 4.79. The number of rotatable bonds is 14. The Labute approximate surface area is 203 Å². The van der Waals surface area contributed by atoms with E-state index in [1.807, 2.05) is 45.0 Å². The lowest BCUT2D eigenvalue weighted by molar-refractivity contribution is -0.140. The van der Waals surface area contributed by atoms with E-state index in [9.17, 15) is 9.59 Å². The summed E-state index contributed by atoms with van der Waals surface area (Å²) in [7, 11) is 0. The number of carbonyl (C=O) groups excluding carboxylic acids is 2. The lowest BCUT2D eigenvalue weighted by Gasteiger charge is -2.27. The van der Waals surface area contributed by atoms with E-state index in [0.29, 0.717) is 49.5 Å². The van der Waals surface area contributed by atoms with E-state index >= 15 is 0 Å². The normalized spacial score (nSPS) is 17.0. The van der Waals surface area contributed by atoms with Crippen LogP contribution in [0.2, 0.25) is 0 Å². The fraction of sp³-hybridized carbons (Fsp3) is 0.517. The molecule has 2 aromatic carbocycles. The van der Waals surface area contributed by atoms with Crippen molar-refractivity contribution in [2.24, 2.45) is 0 Å². The second kappa shape index (κ2) is 12.3. The van der Waals surface area contributed by atoms with Gasteiger partial charge in [0.15, 0.2) is 17.9 Å². The van der Waals surface area contributed by atoms with Crippen LogP contribution in [-0.4, -0.2) is 37.7 Å². The van der Waals surface area contributed by atoms with Crippen molar-refractivity contribution in [1.82, 2.24) is 0 Å². The summed E-state index contributed by atoms with van der Waals surface area (Å²) in [6.45, 7) is 9.57. The zero-order chi connectivity index (χ0) is 24.6. The molecule has 0 aliphatic carbocycles. The number of ether oxygens (including phenoxy) is 3. The lowest BCUT2D eigenvalue weighted by Crippen LogP contribution is -2.28. The maximum Gasteiger partial charge on any atom is 0.166 e. The highest BCUT2D eigenvalue weighted by atomic mass is 16.7. The highest BCUT2D eigenvalue weighted by molar-refractivity contribution is 6.04. The summed E-state index contributed by atoms with van der Waals surface area (Å²) in [5.41, 5.74) is 2.87. The molecule has 0 fully saturated rings. The van der Waals surface area contributed by atoms with Gasteiger partial charge >= 0.3 is 0 Å². The average molecular weight is 467 g/mol. The van der Waals surface area contributed by atoms with Gasteiger partial charge in [-0.1, -0.05) is 44.2 Å². The number of carbonyl (C=O) groups is 2. The molecule has 0 spiro atoms. The first-order valence-corrected chi connectivity index (χ1v) is 12.7. The predicted molar refractivity (Wildman–Crippen MR) is 134 cm³/mol. The lowest BCUT2D eigenvalue weighted by atomic mass is 9.73. The first-order valence-electron chi connectivity index (χ1n) is 12.7. The van der Waals surface area contributed by atoms with Gasteiger partial charge in [-0.3, -0.25) is 9.59 Å². The molecule has 3 rings (SSSR count). The Morgan fingerprint density at radius 2 is 1.68 bits per heavy atom. The first-order chi connectivity index (χ1) is 16.5. The first kappa shape index (κ1) is 26.1. The van der Waals surface area contributed by atoms with Crippen molar-refractivity contribution in [2.45, 2.75) is 77.9 Å². The fourth-order valence-electron chi connectivity index (χ4n) is 4.79. The van der Waals surface area contributed by atoms with Gasteiger partial charge in [-0.15, -0.1) is 0 Å². The SMILES string of the molecule is CCOC(CCCCC(=O)c1cc(C(=O)CC)c2c(c1)[C@](CC)(c1ccccc1)CO2)OCC. The predicted octanol–water partition coefficient (Wildman–Crippen LogP) is 6.51. The van der Waals surface area contributed by atoms with Crippen LogP contribution in [0.5, 0.6) is 5.75 Å². The minimum absolute atomic E-state index is 0.00198. The summed E-state index contributed by atoms with van der Waals surface area (Å²) in [5.74, 6) is 0.704. The molecule has 184 valence electrons. The molecule has 1 atom stereocenters. The molecule has 5 nitrogen and oxygen atoms in total. The molecule has 1 heterocycles. The third-order valence-electron chi connectivity index (χ3n) is 6.74. The van der Waals surface area contributed by atoms with Crippen LogP contribution >= 0.6 is 0 Å². The van der Waals surface area contributed by atoms with Crippen LogP contribution in [-0.2, 0) is 14.9 Å². The van der Waals surface area contributed by atoms with E-state index in [2.05, 4.69) is 19.1 Å². The standard InChI is InChI=1S/C29H38O5/c1-5-25(30)23-18-21(26(31)16-12-13-17-27(32-7-3)33-8-4)19-24-28(23)34-20-29(24,6-2)22-14-10-9-11-15-22/h9-11,14-15,18-19,27H,5-8,12-13,16-17,20H2,1-4H3/t29-/m0/s1. The highest BCUT2D eigenvalue weighted by Crippen LogP contribution is 2.48. The van der Waals surface area contributed by atoms with Gasteiger partial charge in [0.25, 0.3) is 0 Å². The summed E-state index contributed by atoms with van der Waals surface area (Å²) < 4.78 is 17.4. The summed E-state index contributed by atoms with van der Waals surface area (Å²) in [6, 6.07) is 14.0. The third kappa shape index (κ3) is 5.59. The van der Waals surface area contributed by atoms with Crippen LogP contribution in [0.4, 0.5) is 0 Å². The number of ketones is 2. The third-order valence-corrected chi connectivity index (χ3v) is 6.74. The molecule has 34 heavy (non-hydrogen) atoms. The molecule has 0 radical (unpaired) electrons. The molecular weight excluding hydrogens is 428 g/mol. The number of unbranched alkanes of at least 4 members (excludes halogenated alkanes) is 1. The van der Waals surface area contributed by atoms with Crippen LogP contribution in [0, 0.1) is 0 Å². The van der Waals surface area contributed by atoms with Gasteiger partial charge in [0, 0.05) is 37.2 Å². The van der Waals surface area contributed by atoms with E-state index < -0.39 is 0 Å². The van der Waals surface area contributed by atoms with Crippen LogP contribution in [0.3, 0.4) is 0 Å². The van der Waals surface area contributed by atoms with Crippen molar-refractivity contribution in [3.05, 3.63) is 64.7 Å². The average Bonchev–Trinajstić information content (AvgIpc) is 3.26. The molecule has 1 aliphatic rings. The summed E-state index contributed by atoms with van der Waals surface area (Å²) >= 11 is 0. The molecule has 2 aromatic rings. The van der Waals surface area contributed by atoms with E-state index in [4.69, 9.17) is 14.2 Å². The minimum Gasteiger partial charge on any atom is -0.491 e. The van der Waals surface area contributed by atoms with E-state index in [1.165, 1.54) is 0 Å². The maximum atomic E-state index is 13.2. The van der Waals surface area contributed by atoms with Crippen LogP contribution in [0.25, 0.3) is 0 Å². The number of hydrogen-bond acceptors (Lipinski definition) is 5. The van der Waals surface area contributed by atoms with Gasteiger partial charge in [0.2, 0.25) is 0 Å². The Bertz CT molecular complexity index is 962. The Morgan fingerprint density at radius 3 is 2.29 bits per heavy atom. The van der Waals surface area contributed by atoms with Crippen molar-refractivity contribution >= 4 is 11.6 Å². The smallest absolute Gasteiger partial charge is 0.166 e. The van der Waals surface area contributed by atoms with Gasteiger partial charge in [-0.2, -0.15) is 0 Å². The molecular formula is C29H38O5. The summed E-state index contributed by atoms with van der Waals surface area (Å²) in [5, 5.41) is 0.